The number of benzene rings is 5. The van der Waals surface area contributed by atoms with Crippen molar-refractivity contribution in [1.29, 1.82) is 0 Å². The number of hydrogen-bond acceptors (Lipinski definition) is 0. The summed E-state index contributed by atoms with van der Waals surface area (Å²) in [5.74, 6) is -13.1. The maximum atomic E-state index is 15.3. The zero-order chi connectivity index (χ0) is 26.8. The van der Waals surface area contributed by atoms with Gasteiger partial charge in [0.25, 0.3) is 0 Å². The molecule has 0 N–H and O–H groups in total. The van der Waals surface area contributed by atoms with Crippen molar-refractivity contribution < 1.29 is 43.9 Å². The Morgan fingerprint density at radius 1 is 0.486 bits per heavy atom. The van der Waals surface area contributed by atoms with E-state index in [1.54, 1.807) is 0 Å². The predicted molar refractivity (Wildman–Crippen MR) is 117 cm³/mol. The van der Waals surface area contributed by atoms with Crippen LogP contribution in [0.25, 0.3) is 43.8 Å². The molecule has 0 unspecified atom stereocenters. The van der Waals surface area contributed by atoms with Gasteiger partial charge in [0, 0.05) is 28.1 Å². The second kappa shape index (κ2) is 8.50. The molecule has 0 saturated heterocycles. The van der Waals surface area contributed by atoms with Crippen molar-refractivity contribution in [1.82, 2.24) is 0 Å². The largest absolute Gasteiger partial charge is 0.422 e. The van der Waals surface area contributed by atoms with Gasteiger partial charge < -0.3 is 0 Å². The number of fused-ring (bicyclic) bond motifs is 2. The summed E-state index contributed by atoms with van der Waals surface area (Å²) < 4.78 is 142. The van der Waals surface area contributed by atoms with E-state index in [4.69, 9.17) is 0 Å². The molecule has 0 bridgehead atoms. The first kappa shape index (κ1) is 24.6. The van der Waals surface area contributed by atoms with Gasteiger partial charge in [-0.1, -0.05) is 36.4 Å². The van der Waals surface area contributed by atoms with Crippen molar-refractivity contribution in [2.24, 2.45) is 0 Å². The number of rotatable bonds is 2. The summed E-state index contributed by atoms with van der Waals surface area (Å²) in [4.78, 5) is 0. The highest BCUT2D eigenvalue weighted by molar-refractivity contribution is 6.21. The third kappa shape index (κ3) is 3.70. The summed E-state index contributed by atoms with van der Waals surface area (Å²) in [6, 6.07) is 10.8. The Kier molecular flexibility index (Phi) is 5.65. The van der Waals surface area contributed by atoms with Crippen molar-refractivity contribution in [3.8, 4) is 22.3 Å². The van der Waals surface area contributed by atoms with Crippen molar-refractivity contribution in [3.63, 3.8) is 0 Å². The second-order valence-electron chi connectivity index (χ2n) is 8.09. The maximum absolute atomic E-state index is 15.3. The molecule has 0 radical (unpaired) electrons. The topological polar surface area (TPSA) is 0 Å². The van der Waals surface area contributed by atoms with Crippen LogP contribution < -0.4 is 0 Å². The van der Waals surface area contributed by atoms with Gasteiger partial charge in [0.2, 0.25) is 0 Å². The standard InChI is InChI=1S/C27H10F10/c28-11-8-9-14(17(30)10-11)18-12-4-1-2-5-13(12)19(15-6-3-7-16(29)20(15)18)21-23(31)25(33)22(27(35,36)37)26(34)24(21)32/h1-10H. The van der Waals surface area contributed by atoms with Gasteiger partial charge >= 0.3 is 6.18 Å². The van der Waals surface area contributed by atoms with E-state index in [0.717, 1.165) is 30.3 Å². The highest BCUT2D eigenvalue weighted by atomic mass is 19.4. The van der Waals surface area contributed by atoms with Crippen LogP contribution in [-0.2, 0) is 6.18 Å². The van der Waals surface area contributed by atoms with Gasteiger partial charge in [-0.25, -0.2) is 30.7 Å². The molecule has 5 aromatic carbocycles. The third-order valence-corrected chi connectivity index (χ3v) is 6.00. The molecule has 0 heterocycles. The van der Waals surface area contributed by atoms with Gasteiger partial charge in [0.1, 0.15) is 23.0 Å². The van der Waals surface area contributed by atoms with Gasteiger partial charge in [-0.3, -0.25) is 0 Å². The van der Waals surface area contributed by atoms with Crippen LogP contribution in [0.15, 0.2) is 60.7 Å². The molecule has 37 heavy (non-hydrogen) atoms. The Morgan fingerprint density at radius 2 is 1.05 bits per heavy atom. The minimum absolute atomic E-state index is 0.0693. The summed E-state index contributed by atoms with van der Waals surface area (Å²) in [5.41, 5.74) is -5.38. The molecule has 0 amide bonds. The molecule has 0 aliphatic carbocycles. The Labute approximate surface area is 201 Å². The second-order valence-corrected chi connectivity index (χ2v) is 8.09. The first-order valence-electron chi connectivity index (χ1n) is 10.4. The lowest BCUT2D eigenvalue weighted by atomic mass is 9.85. The maximum Gasteiger partial charge on any atom is 0.422 e. The zero-order valence-corrected chi connectivity index (χ0v) is 18.1. The lowest BCUT2D eigenvalue weighted by Gasteiger charge is -2.20. The first-order valence-corrected chi connectivity index (χ1v) is 10.4. The molecule has 5 aromatic rings. The van der Waals surface area contributed by atoms with E-state index in [1.165, 1.54) is 24.3 Å². The van der Waals surface area contributed by atoms with Crippen LogP contribution in [0, 0.1) is 40.7 Å². The fourth-order valence-corrected chi connectivity index (χ4v) is 4.53. The number of hydrogen-bond donors (Lipinski definition) is 0. The van der Waals surface area contributed by atoms with Crippen molar-refractivity contribution >= 4 is 21.5 Å². The molecule has 188 valence electrons. The molecular formula is C27H10F10. The Balaban J connectivity index is 2.04. The van der Waals surface area contributed by atoms with E-state index in [9.17, 15) is 30.7 Å². The van der Waals surface area contributed by atoms with Crippen molar-refractivity contribution in [3.05, 3.63) is 107 Å². The van der Waals surface area contributed by atoms with Crippen molar-refractivity contribution in [2.75, 3.05) is 0 Å². The van der Waals surface area contributed by atoms with E-state index in [-0.39, 0.29) is 27.3 Å². The Bertz CT molecular complexity index is 1710. The molecule has 0 atom stereocenters. The molecular weight excluding hydrogens is 514 g/mol. The van der Waals surface area contributed by atoms with Crippen LogP contribution in [-0.4, -0.2) is 0 Å². The quantitative estimate of drug-likeness (QED) is 0.123. The van der Waals surface area contributed by atoms with Gasteiger partial charge in [0.05, 0.1) is 5.56 Å². The van der Waals surface area contributed by atoms with Crippen molar-refractivity contribution in [2.45, 2.75) is 6.18 Å². The smallest absolute Gasteiger partial charge is 0.207 e. The van der Waals surface area contributed by atoms with Gasteiger partial charge in [-0.05, 0) is 34.4 Å². The fraction of sp³-hybridized carbons (Fsp3) is 0.0370. The van der Waals surface area contributed by atoms with Gasteiger partial charge in [0.15, 0.2) is 23.3 Å². The summed E-state index contributed by atoms with van der Waals surface area (Å²) in [7, 11) is 0. The zero-order valence-electron chi connectivity index (χ0n) is 18.1. The first-order chi connectivity index (χ1) is 17.4. The van der Waals surface area contributed by atoms with Gasteiger partial charge in [-0.2, -0.15) is 13.2 Å². The molecule has 0 aliphatic rings. The Hall–Kier alpha value is -4.08. The minimum atomic E-state index is -5.76. The highest BCUT2D eigenvalue weighted by Gasteiger charge is 2.43. The van der Waals surface area contributed by atoms with Crippen LogP contribution in [0.5, 0.6) is 0 Å². The normalized spacial score (nSPS) is 12.1. The molecule has 10 heteroatoms. The SMILES string of the molecule is Fc1ccc(-c2c3ccccc3c(-c3c(F)c(F)c(C(F)(F)F)c(F)c3F)c3cccc(F)c23)c(F)c1. The average molecular weight is 524 g/mol. The van der Waals surface area contributed by atoms with Crippen LogP contribution in [0.4, 0.5) is 43.9 Å². The van der Waals surface area contributed by atoms with Crippen LogP contribution in [0.2, 0.25) is 0 Å². The molecule has 0 aromatic heterocycles. The lowest BCUT2D eigenvalue weighted by molar-refractivity contribution is -0.143. The average Bonchev–Trinajstić information content (AvgIpc) is 2.83. The number of alkyl halides is 3. The summed E-state index contributed by atoms with van der Waals surface area (Å²) in [6.07, 6.45) is -5.76. The highest BCUT2D eigenvalue weighted by Crippen LogP contribution is 2.48. The van der Waals surface area contributed by atoms with E-state index in [0.29, 0.717) is 6.07 Å². The predicted octanol–water partition coefficient (Wildman–Crippen LogP) is 9.32. The fourth-order valence-electron chi connectivity index (χ4n) is 4.53. The van der Waals surface area contributed by atoms with E-state index in [1.807, 2.05) is 0 Å². The Morgan fingerprint density at radius 3 is 1.62 bits per heavy atom. The molecule has 5 rings (SSSR count). The molecule has 0 spiro atoms. The molecule has 0 aliphatic heterocycles. The molecule has 0 saturated carbocycles. The van der Waals surface area contributed by atoms with E-state index in [2.05, 4.69) is 0 Å². The van der Waals surface area contributed by atoms with Gasteiger partial charge in [-0.15, -0.1) is 0 Å². The third-order valence-electron chi connectivity index (χ3n) is 6.00. The van der Waals surface area contributed by atoms with E-state index >= 15 is 13.2 Å². The van der Waals surface area contributed by atoms with Crippen LogP contribution >= 0.6 is 0 Å². The van der Waals surface area contributed by atoms with Crippen LogP contribution in [0.3, 0.4) is 0 Å². The summed E-state index contributed by atoms with van der Waals surface area (Å²) in [6.45, 7) is 0. The molecule has 0 nitrogen and oxygen atoms in total. The number of halogens is 10. The minimum Gasteiger partial charge on any atom is -0.207 e. The summed E-state index contributed by atoms with van der Waals surface area (Å²) in [5, 5.41) is -1.09. The lowest BCUT2D eigenvalue weighted by Crippen LogP contribution is -2.16. The molecule has 0 fully saturated rings. The van der Waals surface area contributed by atoms with Crippen LogP contribution in [0.1, 0.15) is 5.56 Å². The van der Waals surface area contributed by atoms with E-state index < -0.39 is 69.0 Å². The monoisotopic (exact) mass is 524 g/mol. The summed E-state index contributed by atoms with van der Waals surface area (Å²) >= 11 is 0.